The summed E-state index contributed by atoms with van der Waals surface area (Å²) >= 11 is 0. The maximum absolute atomic E-state index is 11.4. The fourth-order valence-electron chi connectivity index (χ4n) is 1.34. The topological polar surface area (TPSA) is 91.6 Å². The zero-order valence-electron chi connectivity index (χ0n) is 9.82. The SMILES string of the molecule is Cc1ccc(CNC(=O)NC(C)CC(=O)O)o1. The Hall–Kier alpha value is -1.98. The molecule has 1 rings (SSSR count). The number of nitrogens with one attached hydrogen (secondary N) is 2. The zero-order chi connectivity index (χ0) is 12.8. The van der Waals surface area contributed by atoms with Crippen molar-refractivity contribution in [2.24, 2.45) is 0 Å². The molecule has 0 aliphatic heterocycles. The molecule has 0 aliphatic rings. The third kappa shape index (κ3) is 5.05. The summed E-state index contributed by atoms with van der Waals surface area (Å²) < 4.78 is 5.27. The molecule has 1 unspecified atom stereocenters. The molecule has 0 spiro atoms. The van der Waals surface area contributed by atoms with Crippen molar-refractivity contribution in [1.29, 1.82) is 0 Å². The number of rotatable bonds is 5. The first-order chi connectivity index (χ1) is 7.97. The van der Waals surface area contributed by atoms with Gasteiger partial charge in [0.05, 0.1) is 13.0 Å². The number of aryl methyl sites for hydroxylation is 1. The lowest BCUT2D eigenvalue weighted by molar-refractivity contribution is -0.137. The van der Waals surface area contributed by atoms with Gasteiger partial charge in [0.25, 0.3) is 0 Å². The molecule has 0 aromatic carbocycles. The van der Waals surface area contributed by atoms with Gasteiger partial charge in [-0.3, -0.25) is 4.79 Å². The molecule has 6 nitrogen and oxygen atoms in total. The summed E-state index contributed by atoms with van der Waals surface area (Å²) in [5, 5.41) is 13.6. The highest BCUT2D eigenvalue weighted by atomic mass is 16.4. The average Bonchev–Trinajstić information content (AvgIpc) is 2.59. The highest BCUT2D eigenvalue weighted by molar-refractivity contribution is 5.75. The quantitative estimate of drug-likeness (QED) is 0.722. The number of hydrogen-bond donors (Lipinski definition) is 3. The third-order valence-electron chi connectivity index (χ3n) is 2.08. The third-order valence-corrected chi connectivity index (χ3v) is 2.08. The Morgan fingerprint density at radius 2 is 2.18 bits per heavy atom. The number of aliphatic carboxylic acids is 1. The van der Waals surface area contributed by atoms with E-state index in [2.05, 4.69) is 10.6 Å². The molecule has 1 heterocycles. The summed E-state index contributed by atoms with van der Waals surface area (Å²) in [7, 11) is 0. The van der Waals surface area contributed by atoms with Crippen molar-refractivity contribution in [3.8, 4) is 0 Å². The van der Waals surface area contributed by atoms with Gasteiger partial charge in [-0.15, -0.1) is 0 Å². The standard InChI is InChI=1S/C11H16N2O4/c1-7(5-10(14)15)13-11(16)12-6-9-4-3-8(2)17-9/h3-4,7H,5-6H2,1-2H3,(H,14,15)(H2,12,13,16). The van der Waals surface area contributed by atoms with Crippen LogP contribution in [0.5, 0.6) is 0 Å². The maximum Gasteiger partial charge on any atom is 0.315 e. The molecule has 0 radical (unpaired) electrons. The molecule has 3 N–H and O–H groups in total. The number of furan rings is 1. The molecule has 6 heteroatoms. The number of carboxylic acid groups (broad SMARTS) is 1. The first kappa shape index (κ1) is 13.1. The lowest BCUT2D eigenvalue weighted by Gasteiger charge is -2.11. The second-order valence-electron chi connectivity index (χ2n) is 3.84. The summed E-state index contributed by atoms with van der Waals surface area (Å²) in [6.45, 7) is 3.72. The summed E-state index contributed by atoms with van der Waals surface area (Å²) in [4.78, 5) is 21.7. The fraction of sp³-hybridized carbons (Fsp3) is 0.455. The second-order valence-corrected chi connectivity index (χ2v) is 3.84. The Bertz CT molecular complexity index is 400. The number of hydrogen-bond acceptors (Lipinski definition) is 3. The minimum Gasteiger partial charge on any atom is -0.481 e. The van der Waals surface area contributed by atoms with Gasteiger partial charge in [-0.05, 0) is 26.0 Å². The molecule has 2 amide bonds. The highest BCUT2D eigenvalue weighted by Crippen LogP contribution is 2.05. The van der Waals surface area contributed by atoms with E-state index in [0.29, 0.717) is 5.76 Å². The average molecular weight is 240 g/mol. The summed E-state index contributed by atoms with van der Waals surface area (Å²) in [6.07, 6.45) is -0.104. The number of carboxylic acids is 1. The van der Waals surface area contributed by atoms with Crippen LogP contribution in [0.3, 0.4) is 0 Å². The van der Waals surface area contributed by atoms with Gasteiger partial charge in [-0.1, -0.05) is 0 Å². The van der Waals surface area contributed by atoms with Crippen LogP contribution in [0, 0.1) is 6.92 Å². The van der Waals surface area contributed by atoms with Crippen molar-refractivity contribution in [3.63, 3.8) is 0 Å². The molecule has 1 atom stereocenters. The molecule has 0 bridgehead atoms. The Labute approximate surface area is 99.0 Å². The van der Waals surface area contributed by atoms with Crippen LogP contribution in [-0.2, 0) is 11.3 Å². The van der Waals surface area contributed by atoms with Crippen LogP contribution < -0.4 is 10.6 Å². The van der Waals surface area contributed by atoms with Crippen molar-refractivity contribution in [3.05, 3.63) is 23.7 Å². The van der Waals surface area contributed by atoms with Crippen LogP contribution in [0.2, 0.25) is 0 Å². The minimum atomic E-state index is -0.945. The van der Waals surface area contributed by atoms with Crippen molar-refractivity contribution in [2.45, 2.75) is 32.9 Å². The van der Waals surface area contributed by atoms with Crippen LogP contribution in [0.25, 0.3) is 0 Å². The summed E-state index contributed by atoms with van der Waals surface area (Å²) in [5.41, 5.74) is 0. The van der Waals surface area contributed by atoms with E-state index in [1.165, 1.54) is 0 Å². The normalized spacial score (nSPS) is 11.9. The second kappa shape index (κ2) is 5.93. The van der Waals surface area contributed by atoms with Crippen LogP contribution in [0.15, 0.2) is 16.5 Å². The molecular weight excluding hydrogens is 224 g/mol. The molecule has 0 fully saturated rings. The largest absolute Gasteiger partial charge is 0.481 e. The Balaban J connectivity index is 2.28. The van der Waals surface area contributed by atoms with Gasteiger partial charge >= 0.3 is 12.0 Å². The lowest BCUT2D eigenvalue weighted by Crippen LogP contribution is -2.41. The Morgan fingerprint density at radius 3 is 2.71 bits per heavy atom. The van der Waals surface area contributed by atoms with Gasteiger partial charge in [0.15, 0.2) is 0 Å². The molecule has 17 heavy (non-hydrogen) atoms. The Morgan fingerprint density at radius 1 is 1.47 bits per heavy atom. The van der Waals surface area contributed by atoms with Crippen LogP contribution in [0.1, 0.15) is 24.9 Å². The first-order valence-corrected chi connectivity index (χ1v) is 5.29. The molecule has 1 aromatic rings. The molecule has 0 saturated carbocycles. The number of carbonyl (C=O) groups excluding carboxylic acids is 1. The van der Waals surface area contributed by atoms with Crippen molar-refractivity contribution >= 4 is 12.0 Å². The zero-order valence-corrected chi connectivity index (χ0v) is 9.82. The molecule has 0 saturated heterocycles. The van der Waals surface area contributed by atoms with Crippen molar-refractivity contribution in [2.75, 3.05) is 0 Å². The summed E-state index contributed by atoms with van der Waals surface area (Å²) in [5.74, 6) is 0.490. The van der Waals surface area contributed by atoms with Gasteiger partial charge in [0, 0.05) is 6.04 Å². The maximum atomic E-state index is 11.4. The van der Waals surface area contributed by atoms with E-state index in [9.17, 15) is 9.59 Å². The Kier molecular flexibility index (Phi) is 4.56. The first-order valence-electron chi connectivity index (χ1n) is 5.29. The lowest BCUT2D eigenvalue weighted by atomic mass is 10.2. The number of carbonyl (C=O) groups is 2. The van der Waals surface area contributed by atoms with Gasteiger partial charge in [-0.25, -0.2) is 4.79 Å². The smallest absolute Gasteiger partial charge is 0.315 e. The van der Waals surface area contributed by atoms with E-state index in [0.717, 1.165) is 5.76 Å². The molecule has 94 valence electrons. The van der Waals surface area contributed by atoms with Crippen LogP contribution in [0.4, 0.5) is 4.79 Å². The van der Waals surface area contributed by atoms with Gasteiger partial charge in [-0.2, -0.15) is 0 Å². The minimum absolute atomic E-state index is 0.104. The highest BCUT2D eigenvalue weighted by Gasteiger charge is 2.10. The molecular formula is C11H16N2O4. The van der Waals surface area contributed by atoms with E-state index in [-0.39, 0.29) is 13.0 Å². The number of amides is 2. The van der Waals surface area contributed by atoms with Gasteiger partial charge in [0.2, 0.25) is 0 Å². The number of urea groups is 1. The monoisotopic (exact) mass is 240 g/mol. The van der Waals surface area contributed by atoms with E-state index in [1.54, 1.807) is 13.0 Å². The van der Waals surface area contributed by atoms with Gasteiger partial charge in [0.1, 0.15) is 11.5 Å². The van der Waals surface area contributed by atoms with Crippen LogP contribution in [-0.4, -0.2) is 23.1 Å². The van der Waals surface area contributed by atoms with E-state index >= 15 is 0 Å². The van der Waals surface area contributed by atoms with Crippen molar-refractivity contribution < 1.29 is 19.1 Å². The van der Waals surface area contributed by atoms with E-state index in [4.69, 9.17) is 9.52 Å². The van der Waals surface area contributed by atoms with E-state index < -0.39 is 18.0 Å². The fourth-order valence-corrected chi connectivity index (χ4v) is 1.34. The predicted molar refractivity (Wildman–Crippen MR) is 60.5 cm³/mol. The molecule has 0 aliphatic carbocycles. The predicted octanol–water partition coefficient (Wildman–Crippen LogP) is 1.25. The van der Waals surface area contributed by atoms with Crippen LogP contribution >= 0.6 is 0 Å². The summed E-state index contributed by atoms with van der Waals surface area (Å²) in [6, 6.07) is 2.76. The van der Waals surface area contributed by atoms with E-state index in [1.807, 2.05) is 13.0 Å². The molecule has 1 aromatic heterocycles. The van der Waals surface area contributed by atoms with Crippen molar-refractivity contribution in [1.82, 2.24) is 10.6 Å². The van der Waals surface area contributed by atoms with Gasteiger partial charge < -0.3 is 20.2 Å².